The van der Waals surface area contributed by atoms with E-state index in [2.05, 4.69) is 103 Å². The molecule has 42 heavy (non-hydrogen) atoms. The van der Waals surface area contributed by atoms with Gasteiger partial charge in [0.05, 0.1) is 12.5 Å². The van der Waals surface area contributed by atoms with Crippen LogP contribution in [0.5, 0.6) is 0 Å². The van der Waals surface area contributed by atoms with Crippen molar-refractivity contribution < 1.29 is 8.83 Å². The first-order valence-electron chi connectivity index (χ1n) is 14.0. The lowest BCUT2D eigenvalue weighted by molar-refractivity contribution is 0.582. The molecule has 2 nitrogen and oxygen atoms in total. The van der Waals surface area contributed by atoms with Gasteiger partial charge in [0, 0.05) is 26.4 Å². The van der Waals surface area contributed by atoms with E-state index in [1.54, 1.807) is 35.2 Å². The highest BCUT2D eigenvalue weighted by Gasteiger charge is 2.19. The molecule has 0 saturated heterocycles. The van der Waals surface area contributed by atoms with Gasteiger partial charge in [-0.1, -0.05) is 60.7 Å². The fourth-order valence-electron chi connectivity index (χ4n) is 6.22. The van der Waals surface area contributed by atoms with Gasteiger partial charge >= 0.3 is 0 Å². The maximum Gasteiger partial charge on any atom is 0.134 e. The molecule has 0 amide bonds. The van der Waals surface area contributed by atoms with Crippen molar-refractivity contribution in [3.05, 3.63) is 143 Å². The highest BCUT2D eigenvalue weighted by Crippen LogP contribution is 2.42. The number of hydrogen-bond donors (Lipinski definition) is 0. The standard InChI is InChI=1S/C38H26O2S2/c1-24-13-15-28-31(35-11-5-19-41-35)22-25(23-32(28)37(24)36-12-6-20-42-36)21-26-14-16-27-29(33-9-3-17-39-33)7-2-8-30(27)38(26)34-10-4-18-40-34/h2-20,22-23H,21H2,1H3. The zero-order valence-electron chi connectivity index (χ0n) is 23.0. The van der Waals surface area contributed by atoms with Gasteiger partial charge in [0.2, 0.25) is 0 Å². The third kappa shape index (κ3) is 4.23. The van der Waals surface area contributed by atoms with Crippen LogP contribution in [0.25, 0.3) is 65.1 Å². The Hall–Kier alpha value is -4.64. The largest absolute Gasteiger partial charge is 0.464 e. The summed E-state index contributed by atoms with van der Waals surface area (Å²) in [5, 5.41) is 9.24. The highest BCUT2D eigenvalue weighted by molar-refractivity contribution is 7.14. The highest BCUT2D eigenvalue weighted by atomic mass is 32.1. The third-order valence-electron chi connectivity index (χ3n) is 8.05. The van der Waals surface area contributed by atoms with E-state index in [0.29, 0.717) is 0 Å². The van der Waals surface area contributed by atoms with Gasteiger partial charge in [0.25, 0.3) is 0 Å². The molecule has 0 spiro atoms. The van der Waals surface area contributed by atoms with Crippen molar-refractivity contribution in [3.63, 3.8) is 0 Å². The summed E-state index contributed by atoms with van der Waals surface area (Å²) in [6.45, 7) is 2.22. The van der Waals surface area contributed by atoms with Gasteiger partial charge < -0.3 is 8.83 Å². The summed E-state index contributed by atoms with van der Waals surface area (Å²) in [7, 11) is 0. The molecule has 0 fully saturated rings. The van der Waals surface area contributed by atoms with Crippen LogP contribution in [0.3, 0.4) is 0 Å². The Morgan fingerprint density at radius 3 is 2.02 bits per heavy atom. The first-order valence-corrected chi connectivity index (χ1v) is 15.8. The van der Waals surface area contributed by atoms with E-state index in [-0.39, 0.29) is 0 Å². The fourth-order valence-corrected chi connectivity index (χ4v) is 7.82. The van der Waals surface area contributed by atoms with Crippen molar-refractivity contribution in [1.29, 1.82) is 0 Å². The quantitative estimate of drug-likeness (QED) is 0.196. The van der Waals surface area contributed by atoms with Gasteiger partial charge in [0.1, 0.15) is 11.5 Å². The molecule has 0 aliphatic carbocycles. The van der Waals surface area contributed by atoms with E-state index in [1.807, 2.05) is 18.2 Å². The molecule has 202 valence electrons. The Balaban J connectivity index is 1.36. The van der Waals surface area contributed by atoms with E-state index < -0.39 is 0 Å². The summed E-state index contributed by atoms with van der Waals surface area (Å²) in [5.41, 5.74) is 8.64. The molecule has 4 aromatic carbocycles. The molecule has 8 aromatic rings. The van der Waals surface area contributed by atoms with Gasteiger partial charge in [-0.05, 0) is 110 Å². The Morgan fingerprint density at radius 1 is 0.548 bits per heavy atom. The molecular formula is C38H26O2S2. The predicted octanol–water partition coefficient (Wildman–Crippen LogP) is 11.9. The van der Waals surface area contributed by atoms with Crippen molar-refractivity contribution in [2.75, 3.05) is 0 Å². The second kappa shape index (κ2) is 10.3. The number of hydrogen-bond acceptors (Lipinski definition) is 4. The van der Waals surface area contributed by atoms with Gasteiger partial charge in [-0.25, -0.2) is 0 Å². The SMILES string of the molecule is Cc1ccc2c(-c3cccs3)cc(Cc3ccc4c(-c5ccco5)cccc4c3-c3ccco3)cc2c1-c1cccs1. The number of rotatable bonds is 6. The van der Waals surface area contributed by atoms with Crippen molar-refractivity contribution in [2.45, 2.75) is 13.3 Å². The Labute approximate surface area is 252 Å². The molecule has 8 rings (SSSR count). The molecule has 0 saturated carbocycles. The fraction of sp³-hybridized carbons (Fsp3) is 0.0526. The lowest BCUT2D eigenvalue weighted by atomic mass is 9.88. The second-order valence-corrected chi connectivity index (χ2v) is 12.5. The topological polar surface area (TPSA) is 26.3 Å². The van der Waals surface area contributed by atoms with Gasteiger partial charge in [-0.3, -0.25) is 0 Å². The molecule has 0 unspecified atom stereocenters. The van der Waals surface area contributed by atoms with E-state index >= 15 is 0 Å². The van der Waals surface area contributed by atoms with Crippen molar-refractivity contribution in [2.24, 2.45) is 0 Å². The van der Waals surface area contributed by atoms with Crippen LogP contribution in [-0.4, -0.2) is 0 Å². The van der Waals surface area contributed by atoms with Gasteiger partial charge in [-0.2, -0.15) is 0 Å². The first kappa shape index (κ1) is 25.1. The number of furan rings is 2. The molecule has 0 N–H and O–H groups in total. The van der Waals surface area contributed by atoms with Crippen LogP contribution in [0.4, 0.5) is 0 Å². The monoisotopic (exact) mass is 578 g/mol. The number of aryl methyl sites for hydroxylation is 1. The van der Waals surface area contributed by atoms with Crippen molar-refractivity contribution >= 4 is 44.2 Å². The maximum atomic E-state index is 6.05. The molecule has 0 radical (unpaired) electrons. The minimum atomic E-state index is 0.781. The lowest BCUT2D eigenvalue weighted by Crippen LogP contribution is -1.96. The van der Waals surface area contributed by atoms with Crippen LogP contribution < -0.4 is 0 Å². The lowest BCUT2D eigenvalue weighted by Gasteiger charge is -2.17. The first-order chi connectivity index (χ1) is 20.7. The van der Waals surface area contributed by atoms with Crippen LogP contribution in [0, 0.1) is 6.92 Å². The van der Waals surface area contributed by atoms with Crippen LogP contribution >= 0.6 is 22.7 Å². The van der Waals surface area contributed by atoms with Crippen LogP contribution in [0.15, 0.2) is 135 Å². The summed E-state index contributed by atoms with van der Waals surface area (Å²) in [6.07, 6.45) is 4.27. The Morgan fingerprint density at radius 2 is 1.29 bits per heavy atom. The summed E-state index contributed by atoms with van der Waals surface area (Å²) in [5.74, 6) is 1.74. The minimum Gasteiger partial charge on any atom is -0.464 e. The predicted molar refractivity (Wildman–Crippen MR) is 177 cm³/mol. The summed E-state index contributed by atoms with van der Waals surface area (Å²) < 4.78 is 11.9. The van der Waals surface area contributed by atoms with E-state index in [0.717, 1.165) is 39.8 Å². The third-order valence-corrected chi connectivity index (χ3v) is 9.84. The molecular weight excluding hydrogens is 553 g/mol. The summed E-state index contributed by atoms with van der Waals surface area (Å²) in [4.78, 5) is 2.59. The molecule has 0 bridgehead atoms. The molecule has 0 aliphatic heterocycles. The van der Waals surface area contributed by atoms with E-state index in [9.17, 15) is 0 Å². The molecule has 4 aromatic heterocycles. The van der Waals surface area contributed by atoms with E-state index in [4.69, 9.17) is 8.83 Å². The van der Waals surface area contributed by atoms with Gasteiger partial charge in [-0.15, -0.1) is 22.7 Å². The average Bonchev–Trinajstić information content (AvgIpc) is 3.84. The zero-order chi connectivity index (χ0) is 28.0. The number of benzene rings is 4. The van der Waals surface area contributed by atoms with Crippen molar-refractivity contribution in [3.8, 4) is 43.5 Å². The van der Waals surface area contributed by atoms with Crippen LogP contribution in [-0.2, 0) is 6.42 Å². The normalized spacial score (nSPS) is 11.5. The van der Waals surface area contributed by atoms with Crippen LogP contribution in [0.1, 0.15) is 16.7 Å². The Kier molecular flexibility index (Phi) is 6.17. The van der Waals surface area contributed by atoms with Crippen LogP contribution in [0.2, 0.25) is 0 Å². The number of fused-ring (bicyclic) bond motifs is 2. The summed E-state index contributed by atoms with van der Waals surface area (Å²) >= 11 is 3.60. The average molecular weight is 579 g/mol. The second-order valence-electron chi connectivity index (χ2n) is 10.6. The molecule has 0 atom stereocenters. The molecule has 0 aliphatic rings. The summed E-state index contributed by atoms with van der Waals surface area (Å²) in [6, 6.07) is 37.0. The minimum absolute atomic E-state index is 0.781. The zero-order valence-corrected chi connectivity index (χ0v) is 24.6. The van der Waals surface area contributed by atoms with Gasteiger partial charge in [0.15, 0.2) is 0 Å². The molecule has 4 heteroatoms. The van der Waals surface area contributed by atoms with Crippen molar-refractivity contribution in [1.82, 2.24) is 0 Å². The number of thiophene rings is 2. The maximum absolute atomic E-state index is 6.05. The smallest absolute Gasteiger partial charge is 0.134 e. The molecule has 4 heterocycles. The van der Waals surface area contributed by atoms with E-state index in [1.165, 1.54) is 48.3 Å². The Bertz CT molecular complexity index is 2150.